The maximum absolute atomic E-state index is 13.3. The van der Waals surface area contributed by atoms with E-state index in [0.29, 0.717) is 44.0 Å². The Hall–Kier alpha value is -3.09. The van der Waals surface area contributed by atoms with E-state index in [0.717, 1.165) is 43.4 Å². The van der Waals surface area contributed by atoms with Crippen LogP contribution in [-0.4, -0.2) is 48.0 Å². The highest BCUT2D eigenvalue weighted by Gasteiger charge is 2.36. The van der Waals surface area contributed by atoms with Crippen LogP contribution in [0.5, 0.6) is 11.5 Å². The third kappa shape index (κ3) is 5.83. The van der Waals surface area contributed by atoms with Crippen molar-refractivity contribution in [2.75, 3.05) is 20.3 Å². The van der Waals surface area contributed by atoms with Crippen molar-refractivity contribution in [3.8, 4) is 11.5 Å². The van der Waals surface area contributed by atoms with E-state index in [-0.39, 0.29) is 17.7 Å². The predicted octanol–water partition coefficient (Wildman–Crippen LogP) is 3.51. The minimum atomic E-state index is -0.416. The molecule has 0 bridgehead atoms. The van der Waals surface area contributed by atoms with E-state index in [1.165, 1.54) is 0 Å². The van der Waals surface area contributed by atoms with Crippen molar-refractivity contribution in [2.24, 2.45) is 5.92 Å². The molecule has 1 aromatic heterocycles. The molecule has 0 radical (unpaired) electrons. The standard InChI is InChI=1S/C26H33N3O4/c1-32-24-17-19(11-12-23(24)33-16-13-21-9-2-4-14-27-21)18-29(26(31)20-7-6-8-20)22-10-3-5-15-28-25(22)30/h2,4,9,11-12,14,17,20,22H,3,5-8,10,13,15-16,18H2,1H3,(H,28,30)/t22-/m0/s1. The molecule has 1 aliphatic heterocycles. The molecule has 0 spiro atoms. The smallest absolute Gasteiger partial charge is 0.242 e. The van der Waals surface area contributed by atoms with Gasteiger partial charge in [-0.2, -0.15) is 0 Å². The fourth-order valence-electron chi connectivity index (χ4n) is 4.39. The first-order valence-corrected chi connectivity index (χ1v) is 11.9. The molecule has 2 heterocycles. The topological polar surface area (TPSA) is 80.8 Å². The van der Waals surface area contributed by atoms with Crippen LogP contribution in [0, 0.1) is 5.92 Å². The molecule has 7 nitrogen and oxygen atoms in total. The van der Waals surface area contributed by atoms with Gasteiger partial charge in [-0.1, -0.05) is 18.6 Å². The molecule has 7 heteroatoms. The molecule has 2 amide bonds. The zero-order valence-corrected chi connectivity index (χ0v) is 19.3. The second-order valence-corrected chi connectivity index (χ2v) is 8.80. The molecule has 1 saturated carbocycles. The Kier molecular flexibility index (Phi) is 7.81. The molecule has 1 aliphatic carbocycles. The maximum atomic E-state index is 13.3. The summed E-state index contributed by atoms with van der Waals surface area (Å²) in [6.07, 6.45) is 7.97. The van der Waals surface area contributed by atoms with Crippen LogP contribution in [0.1, 0.15) is 49.8 Å². The molecule has 33 heavy (non-hydrogen) atoms. The van der Waals surface area contributed by atoms with Crippen LogP contribution >= 0.6 is 0 Å². The van der Waals surface area contributed by atoms with Crippen LogP contribution in [0.2, 0.25) is 0 Å². The minimum Gasteiger partial charge on any atom is -0.493 e. The number of methoxy groups -OCH3 is 1. The second kappa shape index (κ2) is 11.2. The summed E-state index contributed by atoms with van der Waals surface area (Å²) >= 11 is 0. The minimum absolute atomic E-state index is 0.0390. The number of benzene rings is 1. The van der Waals surface area contributed by atoms with Gasteiger partial charge in [0.05, 0.1) is 13.7 Å². The van der Waals surface area contributed by atoms with Crippen LogP contribution in [0.3, 0.4) is 0 Å². The number of amides is 2. The molecular weight excluding hydrogens is 418 g/mol. The highest BCUT2D eigenvalue weighted by molar-refractivity contribution is 5.89. The van der Waals surface area contributed by atoms with Crippen molar-refractivity contribution in [3.05, 3.63) is 53.9 Å². The van der Waals surface area contributed by atoms with Crippen LogP contribution < -0.4 is 14.8 Å². The van der Waals surface area contributed by atoms with E-state index < -0.39 is 6.04 Å². The second-order valence-electron chi connectivity index (χ2n) is 8.80. The number of pyridine rings is 1. The normalized spacial score (nSPS) is 18.6. The van der Waals surface area contributed by atoms with E-state index >= 15 is 0 Å². The van der Waals surface area contributed by atoms with Gasteiger partial charge in [0.25, 0.3) is 0 Å². The molecule has 2 aromatic rings. The quantitative estimate of drug-likeness (QED) is 0.631. The summed E-state index contributed by atoms with van der Waals surface area (Å²) < 4.78 is 11.5. The van der Waals surface area contributed by atoms with Gasteiger partial charge >= 0.3 is 0 Å². The lowest BCUT2D eigenvalue weighted by Gasteiger charge is -2.36. The van der Waals surface area contributed by atoms with Crippen molar-refractivity contribution in [1.82, 2.24) is 15.2 Å². The van der Waals surface area contributed by atoms with Gasteiger partial charge in [0.2, 0.25) is 11.8 Å². The van der Waals surface area contributed by atoms with E-state index in [1.54, 1.807) is 18.2 Å². The number of ether oxygens (including phenoxy) is 2. The van der Waals surface area contributed by atoms with Gasteiger partial charge in [0.15, 0.2) is 11.5 Å². The van der Waals surface area contributed by atoms with Gasteiger partial charge in [-0.15, -0.1) is 0 Å². The molecule has 4 rings (SSSR count). The third-order valence-corrected chi connectivity index (χ3v) is 6.54. The number of rotatable bonds is 9. The van der Waals surface area contributed by atoms with Gasteiger partial charge in [-0.3, -0.25) is 14.6 Å². The summed E-state index contributed by atoms with van der Waals surface area (Å²) in [5.74, 6) is 1.37. The lowest BCUT2D eigenvalue weighted by molar-refractivity contribution is -0.146. The highest BCUT2D eigenvalue weighted by Crippen LogP contribution is 2.32. The number of nitrogens with one attached hydrogen (secondary N) is 1. The summed E-state index contributed by atoms with van der Waals surface area (Å²) in [4.78, 5) is 32.1. The summed E-state index contributed by atoms with van der Waals surface area (Å²) in [7, 11) is 1.61. The molecule has 2 aliphatic rings. The molecule has 1 atom stereocenters. The average Bonchev–Trinajstić information content (AvgIpc) is 3.01. The Balaban J connectivity index is 1.47. The third-order valence-electron chi connectivity index (χ3n) is 6.54. The first-order chi connectivity index (χ1) is 16.2. The van der Waals surface area contributed by atoms with Gasteiger partial charge in [0, 0.05) is 37.3 Å². The van der Waals surface area contributed by atoms with E-state index in [1.807, 2.05) is 36.4 Å². The van der Waals surface area contributed by atoms with E-state index in [2.05, 4.69) is 10.3 Å². The molecule has 176 valence electrons. The Morgan fingerprint density at radius 3 is 2.73 bits per heavy atom. The van der Waals surface area contributed by atoms with Gasteiger partial charge in [-0.25, -0.2) is 0 Å². The van der Waals surface area contributed by atoms with Gasteiger partial charge in [-0.05, 0) is 61.9 Å². The molecule has 2 fully saturated rings. The summed E-state index contributed by atoms with van der Waals surface area (Å²) in [6.45, 7) is 1.55. The van der Waals surface area contributed by atoms with E-state index in [4.69, 9.17) is 9.47 Å². The zero-order chi connectivity index (χ0) is 23.0. The van der Waals surface area contributed by atoms with Crippen molar-refractivity contribution < 1.29 is 19.1 Å². The van der Waals surface area contributed by atoms with Gasteiger partial charge < -0.3 is 19.7 Å². The maximum Gasteiger partial charge on any atom is 0.242 e. The molecule has 0 unspecified atom stereocenters. The van der Waals surface area contributed by atoms with Crippen molar-refractivity contribution in [3.63, 3.8) is 0 Å². The van der Waals surface area contributed by atoms with Crippen LogP contribution in [0.15, 0.2) is 42.6 Å². The number of hydrogen-bond donors (Lipinski definition) is 1. The molecule has 1 N–H and O–H groups in total. The van der Waals surface area contributed by atoms with Crippen molar-refractivity contribution in [2.45, 2.75) is 57.5 Å². The van der Waals surface area contributed by atoms with Gasteiger partial charge in [0.1, 0.15) is 6.04 Å². The summed E-state index contributed by atoms with van der Waals surface area (Å²) in [6, 6.07) is 11.2. The Morgan fingerprint density at radius 2 is 2.00 bits per heavy atom. The van der Waals surface area contributed by atoms with Crippen molar-refractivity contribution in [1.29, 1.82) is 0 Å². The Labute approximate surface area is 195 Å². The molecule has 1 aromatic carbocycles. The fraction of sp³-hybridized carbons (Fsp3) is 0.500. The van der Waals surface area contributed by atoms with E-state index in [9.17, 15) is 9.59 Å². The molecular formula is C26H33N3O4. The largest absolute Gasteiger partial charge is 0.493 e. The summed E-state index contributed by atoms with van der Waals surface area (Å²) in [5, 5.41) is 2.98. The number of nitrogens with zero attached hydrogens (tertiary/aromatic N) is 2. The number of hydrogen-bond acceptors (Lipinski definition) is 5. The van der Waals surface area contributed by atoms with Crippen LogP contribution in [-0.2, 0) is 22.6 Å². The first kappa shape index (κ1) is 23.1. The predicted molar refractivity (Wildman–Crippen MR) is 125 cm³/mol. The lowest BCUT2D eigenvalue weighted by atomic mass is 9.83. The van der Waals surface area contributed by atoms with Crippen LogP contribution in [0.4, 0.5) is 0 Å². The SMILES string of the molecule is COc1cc(CN(C(=O)C2CCC2)[C@H]2CCCCNC2=O)ccc1OCCc1ccccn1. The van der Waals surface area contributed by atoms with Crippen LogP contribution in [0.25, 0.3) is 0 Å². The van der Waals surface area contributed by atoms with Crippen molar-refractivity contribution >= 4 is 11.8 Å². The zero-order valence-electron chi connectivity index (χ0n) is 19.3. The Bertz CT molecular complexity index is 946. The highest BCUT2D eigenvalue weighted by atomic mass is 16.5. The first-order valence-electron chi connectivity index (χ1n) is 11.9. The Morgan fingerprint density at radius 1 is 1.12 bits per heavy atom. The fourth-order valence-corrected chi connectivity index (χ4v) is 4.39. The lowest BCUT2D eigenvalue weighted by Crippen LogP contribution is -2.51. The number of carbonyl (C=O) groups excluding carboxylic acids is 2. The molecule has 1 saturated heterocycles. The monoisotopic (exact) mass is 451 g/mol. The number of carbonyl (C=O) groups is 2. The average molecular weight is 452 g/mol. The number of aromatic nitrogens is 1. The summed E-state index contributed by atoms with van der Waals surface area (Å²) in [5.41, 5.74) is 1.90.